The van der Waals surface area contributed by atoms with E-state index in [9.17, 15) is 0 Å². The van der Waals surface area contributed by atoms with E-state index in [1.165, 1.54) is 25.7 Å². The maximum atomic E-state index is 4.42. The Balaban J connectivity index is 1.59. The molecule has 19 heavy (non-hydrogen) atoms. The highest BCUT2D eigenvalue weighted by atomic mass is 15.2. The lowest BCUT2D eigenvalue weighted by Crippen LogP contribution is -2.37. The maximum absolute atomic E-state index is 4.42. The third-order valence-corrected chi connectivity index (χ3v) is 4.01. The fraction of sp³-hybridized carbons (Fsp3) is 0.714. The first kappa shape index (κ1) is 12.7. The summed E-state index contributed by atoms with van der Waals surface area (Å²) in [4.78, 5) is 11.1. The van der Waals surface area contributed by atoms with Crippen molar-refractivity contribution in [2.45, 2.75) is 31.7 Å². The number of hydrogen-bond acceptors (Lipinski definition) is 5. The number of rotatable bonds is 5. The molecule has 2 aliphatic rings. The molecule has 0 atom stereocenters. The maximum Gasteiger partial charge on any atom is 0.134 e. The van der Waals surface area contributed by atoms with Crippen LogP contribution in [0.3, 0.4) is 0 Å². The highest BCUT2D eigenvalue weighted by molar-refractivity contribution is 5.49. The SMILES string of the molecule is CNCC1CCN(c2cc(NC3CC3)ncn2)CC1. The zero-order chi connectivity index (χ0) is 13.1. The quantitative estimate of drug-likeness (QED) is 0.841. The van der Waals surface area contributed by atoms with E-state index in [1.54, 1.807) is 6.33 Å². The molecule has 5 nitrogen and oxygen atoms in total. The smallest absolute Gasteiger partial charge is 0.134 e. The van der Waals surface area contributed by atoms with Crippen LogP contribution in [0.15, 0.2) is 12.4 Å². The summed E-state index contributed by atoms with van der Waals surface area (Å²) in [5, 5.41) is 6.71. The van der Waals surface area contributed by atoms with Crippen LogP contribution in [0.4, 0.5) is 11.6 Å². The fourth-order valence-corrected chi connectivity index (χ4v) is 2.69. The van der Waals surface area contributed by atoms with Crippen molar-refractivity contribution in [2.24, 2.45) is 5.92 Å². The molecule has 1 saturated carbocycles. The molecule has 0 spiro atoms. The second-order valence-electron chi connectivity index (χ2n) is 5.67. The number of piperidine rings is 1. The Morgan fingerprint density at radius 3 is 2.68 bits per heavy atom. The van der Waals surface area contributed by atoms with Crippen molar-refractivity contribution in [3.05, 3.63) is 12.4 Å². The summed E-state index contributed by atoms with van der Waals surface area (Å²) in [6, 6.07) is 2.74. The van der Waals surface area contributed by atoms with E-state index in [0.717, 1.165) is 37.2 Å². The summed E-state index contributed by atoms with van der Waals surface area (Å²) in [5.41, 5.74) is 0. The topological polar surface area (TPSA) is 53.1 Å². The van der Waals surface area contributed by atoms with Gasteiger partial charge in [-0.25, -0.2) is 9.97 Å². The third-order valence-electron chi connectivity index (χ3n) is 4.01. The minimum Gasteiger partial charge on any atom is -0.367 e. The van der Waals surface area contributed by atoms with Crippen LogP contribution in [0.25, 0.3) is 0 Å². The first-order valence-corrected chi connectivity index (χ1v) is 7.33. The Bertz CT molecular complexity index is 410. The van der Waals surface area contributed by atoms with Crippen LogP contribution in [0.1, 0.15) is 25.7 Å². The largest absolute Gasteiger partial charge is 0.367 e. The average molecular weight is 261 g/mol. The molecular formula is C14H23N5. The van der Waals surface area contributed by atoms with Crippen LogP contribution < -0.4 is 15.5 Å². The molecule has 1 saturated heterocycles. The van der Waals surface area contributed by atoms with Gasteiger partial charge < -0.3 is 15.5 Å². The van der Waals surface area contributed by atoms with Gasteiger partial charge in [-0.05, 0) is 45.2 Å². The highest BCUT2D eigenvalue weighted by Crippen LogP contribution is 2.26. The molecule has 5 heteroatoms. The zero-order valence-corrected chi connectivity index (χ0v) is 11.6. The van der Waals surface area contributed by atoms with Crippen LogP contribution in [0.5, 0.6) is 0 Å². The van der Waals surface area contributed by atoms with Gasteiger partial charge in [-0.2, -0.15) is 0 Å². The first-order valence-electron chi connectivity index (χ1n) is 7.33. The van der Waals surface area contributed by atoms with E-state index in [1.807, 2.05) is 7.05 Å². The van der Waals surface area contributed by atoms with Crippen molar-refractivity contribution in [1.82, 2.24) is 15.3 Å². The molecule has 3 rings (SSSR count). The third kappa shape index (κ3) is 3.35. The van der Waals surface area contributed by atoms with E-state index in [2.05, 4.69) is 31.6 Å². The standard InChI is InChI=1S/C14H23N5/c1-15-9-11-4-6-19(7-5-11)14-8-13(16-10-17-14)18-12-2-3-12/h8,10-12,15H,2-7,9H2,1H3,(H,16,17,18). The Morgan fingerprint density at radius 1 is 1.21 bits per heavy atom. The summed E-state index contributed by atoms with van der Waals surface area (Å²) >= 11 is 0. The minimum absolute atomic E-state index is 0.643. The predicted octanol–water partition coefficient (Wildman–Crippen LogP) is 1.49. The molecule has 2 N–H and O–H groups in total. The molecule has 1 aromatic rings. The molecule has 2 heterocycles. The van der Waals surface area contributed by atoms with Gasteiger partial charge in [0.1, 0.15) is 18.0 Å². The lowest BCUT2D eigenvalue weighted by Gasteiger charge is -2.32. The van der Waals surface area contributed by atoms with Gasteiger partial charge in [0.2, 0.25) is 0 Å². The average Bonchev–Trinajstić information content (AvgIpc) is 3.24. The summed E-state index contributed by atoms with van der Waals surface area (Å²) in [6.07, 6.45) is 6.72. The fourth-order valence-electron chi connectivity index (χ4n) is 2.69. The van der Waals surface area contributed by atoms with Crippen LogP contribution in [-0.4, -0.2) is 42.7 Å². The summed E-state index contributed by atoms with van der Waals surface area (Å²) in [6.45, 7) is 3.34. The molecule has 0 unspecified atom stereocenters. The molecule has 104 valence electrons. The van der Waals surface area contributed by atoms with Gasteiger partial charge in [-0.3, -0.25) is 0 Å². The molecule has 0 amide bonds. The summed E-state index contributed by atoms with van der Waals surface area (Å²) < 4.78 is 0. The zero-order valence-electron chi connectivity index (χ0n) is 11.6. The van der Waals surface area contributed by atoms with Crippen LogP contribution in [-0.2, 0) is 0 Å². The number of nitrogens with zero attached hydrogens (tertiary/aromatic N) is 3. The van der Waals surface area contributed by atoms with Crippen LogP contribution in [0, 0.1) is 5.92 Å². The molecule has 1 aliphatic carbocycles. The Morgan fingerprint density at radius 2 is 2.00 bits per heavy atom. The van der Waals surface area contributed by atoms with Crippen LogP contribution in [0.2, 0.25) is 0 Å². The van der Waals surface area contributed by atoms with Crippen molar-refractivity contribution in [1.29, 1.82) is 0 Å². The van der Waals surface area contributed by atoms with Gasteiger partial charge in [0.25, 0.3) is 0 Å². The molecule has 0 radical (unpaired) electrons. The van der Waals surface area contributed by atoms with Gasteiger partial charge in [-0.1, -0.05) is 0 Å². The number of nitrogens with one attached hydrogen (secondary N) is 2. The Hall–Kier alpha value is -1.36. The van der Waals surface area contributed by atoms with Crippen molar-refractivity contribution in [2.75, 3.05) is 36.9 Å². The van der Waals surface area contributed by atoms with Crippen molar-refractivity contribution in [3.8, 4) is 0 Å². The predicted molar refractivity (Wildman–Crippen MR) is 77.5 cm³/mol. The summed E-state index contributed by atoms with van der Waals surface area (Å²) in [5.74, 6) is 2.86. The number of hydrogen-bond donors (Lipinski definition) is 2. The number of anilines is 2. The Kier molecular flexibility index (Phi) is 3.82. The van der Waals surface area contributed by atoms with Crippen LogP contribution >= 0.6 is 0 Å². The second kappa shape index (κ2) is 5.74. The monoisotopic (exact) mass is 261 g/mol. The highest BCUT2D eigenvalue weighted by Gasteiger charge is 2.23. The second-order valence-corrected chi connectivity index (χ2v) is 5.67. The van der Waals surface area contributed by atoms with E-state index >= 15 is 0 Å². The molecule has 1 aliphatic heterocycles. The van der Waals surface area contributed by atoms with Crippen molar-refractivity contribution >= 4 is 11.6 Å². The molecule has 1 aromatic heterocycles. The van der Waals surface area contributed by atoms with Gasteiger partial charge in [0.15, 0.2) is 0 Å². The lowest BCUT2D eigenvalue weighted by molar-refractivity contribution is 0.392. The summed E-state index contributed by atoms with van der Waals surface area (Å²) in [7, 11) is 2.03. The van der Waals surface area contributed by atoms with Gasteiger partial charge in [0, 0.05) is 25.2 Å². The van der Waals surface area contributed by atoms with Crippen molar-refractivity contribution < 1.29 is 0 Å². The first-order chi connectivity index (χ1) is 9.35. The normalized spacial score (nSPS) is 20.6. The molecule has 0 aromatic carbocycles. The Labute approximate surface area is 114 Å². The minimum atomic E-state index is 0.643. The number of aromatic nitrogens is 2. The van der Waals surface area contributed by atoms with E-state index in [4.69, 9.17) is 0 Å². The molecular weight excluding hydrogens is 238 g/mol. The van der Waals surface area contributed by atoms with Gasteiger partial charge >= 0.3 is 0 Å². The molecule has 2 fully saturated rings. The van der Waals surface area contributed by atoms with E-state index < -0.39 is 0 Å². The van der Waals surface area contributed by atoms with Gasteiger partial charge in [0.05, 0.1) is 0 Å². The van der Waals surface area contributed by atoms with E-state index in [-0.39, 0.29) is 0 Å². The lowest BCUT2D eigenvalue weighted by atomic mass is 9.97. The van der Waals surface area contributed by atoms with Crippen molar-refractivity contribution in [3.63, 3.8) is 0 Å². The molecule has 0 bridgehead atoms. The van der Waals surface area contributed by atoms with Gasteiger partial charge in [-0.15, -0.1) is 0 Å². The van der Waals surface area contributed by atoms with E-state index in [0.29, 0.717) is 6.04 Å².